The molecular weight excluding hydrogens is 396 g/mol. The summed E-state index contributed by atoms with van der Waals surface area (Å²) in [4.78, 5) is 38.3. The first-order valence-corrected chi connectivity index (χ1v) is 10.7. The summed E-state index contributed by atoms with van der Waals surface area (Å²) in [5.74, 6) is -0.399. The first-order valence-electron chi connectivity index (χ1n) is 10.7. The molecule has 2 N–H and O–H groups in total. The molecule has 1 aromatic heterocycles. The van der Waals surface area contributed by atoms with Crippen LogP contribution in [-0.4, -0.2) is 45.8 Å². The fraction of sp³-hybridized carbons (Fsp3) is 0.478. The van der Waals surface area contributed by atoms with E-state index in [0.29, 0.717) is 18.8 Å². The Morgan fingerprint density at radius 2 is 1.87 bits per heavy atom. The summed E-state index contributed by atoms with van der Waals surface area (Å²) in [6.45, 7) is 6.13. The molecular formula is C23H28N4O4. The number of anilines is 1. The number of fused-ring (bicyclic) bond motifs is 1. The average molecular weight is 425 g/mol. The van der Waals surface area contributed by atoms with Gasteiger partial charge >= 0.3 is 6.09 Å². The number of hydrogen-bond donors (Lipinski definition) is 2. The van der Waals surface area contributed by atoms with E-state index in [9.17, 15) is 14.4 Å². The van der Waals surface area contributed by atoms with Crippen molar-refractivity contribution >= 4 is 17.7 Å². The van der Waals surface area contributed by atoms with Gasteiger partial charge in [0.15, 0.2) is 0 Å². The number of carbonyl (C=O) groups excluding carboxylic acids is 2. The summed E-state index contributed by atoms with van der Waals surface area (Å²) in [6.07, 6.45) is 3.26. The lowest BCUT2D eigenvalue weighted by Gasteiger charge is -2.38. The van der Waals surface area contributed by atoms with Crippen LogP contribution < -0.4 is 10.9 Å². The summed E-state index contributed by atoms with van der Waals surface area (Å²) in [7, 11) is 0. The van der Waals surface area contributed by atoms with Crippen LogP contribution in [-0.2, 0) is 22.4 Å². The van der Waals surface area contributed by atoms with E-state index in [-0.39, 0.29) is 17.4 Å². The fourth-order valence-corrected chi connectivity index (χ4v) is 4.01. The quantitative estimate of drug-likeness (QED) is 0.788. The summed E-state index contributed by atoms with van der Waals surface area (Å²) in [5.41, 5.74) is 3.45. The SMILES string of the molecule is CC(C)(C)OC(=O)N1CC(C(=O)Nc2cccc(-c3n[nH]c(=O)c4c3CCCC4)c2)C1. The van der Waals surface area contributed by atoms with Crippen molar-refractivity contribution in [3.8, 4) is 11.3 Å². The van der Waals surface area contributed by atoms with Gasteiger partial charge in [0.2, 0.25) is 5.91 Å². The van der Waals surface area contributed by atoms with Crippen LogP contribution in [0.1, 0.15) is 44.7 Å². The zero-order valence-electron chi connectivity index (χ0n) is 18.2. The van der Waals surface area contributed by atoms with Crippen molar-refractivity contribution in [2.24, 2.45) is 5.92 Å². The number of hydrogen-bond acceptors (Lipinski definition) is 5. The van der Waals surface area contributed by atoms with Crippen molar-refractivity contribution in [1.29, 1.82) is 0 Å². The van der Waals surface area contributed by atoms with Gasteiger partial charge in [-0.15, -0.1) is 0 Å². The molecule has 31 heavy (non-hydrogen) atoms. The number of nitrogens with zero attached hydrogens (tertiary/aromatic N) is 2. The second-order valence-electron chi connectivity index (χ2n) is 9.22. The third-order valence-corrected chi connectivity index (χ3v) is 5.60. The van der Waals surface area contributed by atoms with Crippen LogP contribution in [0.3, 0.4) is 0 Å². The minimum Gasteiger partial charge on any atom is -0.444 e. The Balaban J connectivity index is 1.43. The van der Waals surface area contributed by atoms with Crippen LogP contribution in [0.15, 0.2) is 29.1 Å². The van der Waals surface area contributed by atoms with Crippen LogP contribution >= 0.6 is 0 Å². The van der Waals surface area contributed by atoms with Crippen molar-refractivity contribution in [1.82, 2.24) is 15.1 Å². The lowest BCUT2D eigenvalue weighted by atomic mass is 9.90. The molecule has 2 aromatic rings. The number of aromatic amines is 1. The second kappa shape index (κ2) is 8.17. The standard InChI is InChI=1S/C23H28N4O4/c1-23(2,3)31-22(30)27-12-15(13-27)20(28)24-16-8-6-7-14(11-16)19-17-9-4-5-10-18(17)21(29)26-25-19/h6-8,11,15H,4-5,9-10,12-13H2,1-3H3,(H,24,28)(H,26,29). The van der Waals surface area contributed by atoms with Gasteiger partial charge in [-0.1, -0.05) is 12.1 Å². The van der Waals surface area contributed by atoms with Crippen molar-refractivity contribution in [2.45, 2.75) is 52.1 Å². The second-order valence-corrected chi connectivity index (χ2v) is 9.22. The molecule has 1 aliphatic heterocycles. The highest BCUT2D eigenvalue weighted by Gasteiger charge is 2.37. The van der Waals surface area contributed by atoms with Crippen molar-refractivity contribution in [3.63, 3.8) is 0 Å². The number of amides is 2. The third-order valence-electron chi connectivity index (χ3n) is 5.60. The maximum absolute atomic E-state index is 12.6. The van der Waals surface area contributed by atoms with Gasteiger partial charge in [-0.05, 0) is 64.2 Å². The Hall–Kier alpha value is -3.16. The topological polar surface area (TPSA) is 104 Å². The monoisotopic (exact) mass is 424 g/mol. The van der Waals surface area contributed by atoms with Crippen molar-refractivity contribution in [3.05, 3.63) is 45.7 Å². The highest BCUT2D eigenvalue weighted by atomic mass is 16.6. The van der Waals surface area contributed by atoms with Crippen LogP contribution in [0, 0.1) is 5.92 Å². The molecule has 1 saturated heterocycles. The Kier molecular flexibility index (Phi) is 5.56. The van der Waals surface area contributed by atoms with E-state index in [0.717, 1.165) is 48.1 Å². The Bertz CT molecular complexity index is 1060. The third kappa shape index (κ3) is 4.62. The first-order chi connectivity index (χ1) is 14.7. The van der Waals surface area contributed by atoms with Crippen LogP contribution in [0.5, 0.6) is 0 Å². The number of aromatic nitrogens is 2. The molecule has 1 aromatic carbocycles. The molecule has 0 saturated carbocycles. The maximum Gasteiger partial charge on any atom is 0.410 e. The molecule has 0 unspecified atom stereocenters. The number of carbonyl (C=O) groups is 2. The molecule has 164 valence electrons. The van der Waals surface area contributed by atoms with Gasteiger partial charge in [0.1, 0.15) is 5.60 Å². The van der Waals surface area contributed by atoms with Gasteiger partial charge in [-0.2, -0.15) is 5.10 Å². The number of nitrogens with one attached hydrogen (secondary N) is 2. The zero-order valence-corrected chi connectivity index (χ0v) is 18.2. The van der Waals surface area contributed by atoms with E-state index >= 15 is 0 Å². The van der Waals surface area contributed by atoms with E-state index in [1.165, 1.54) is 4.90 Å². The normalized spacial score (nSPS) is 16.3. The predicted octanol–water partition coefficient (Wildman–Crippen LogP) is 3.12. The molecule has 0 bridgehead atoms. The molecule has 0 atom stereocenters. The van der Waals surface area contributed by atoms with Crippen LogP contribution in [0.25, 0.3) is 11.3 Å². The number of benzene rings is 1. The van der Waals surface area contributed by atoms with E-state index in [2.05, 4.69) is 15.5 Å². The predicted molar refractivity (Wildman–Crippen MR) is 117 cm³/mol. The van der Waals surface area contributed by atoms with Crippen molar-refractivity contribution in [2.75, 3.05) is 18.4 Å². The number of rotatable bonds is 3. The summed E-state index contributed by atoms with van der Waals surface area (Å²) in [5, 5.41) is 9.84. The van der Waals surface area contributed by atoms with E-state index in [1.54, 1.807) is 0 Å². The molecule has 2 amide bonds. The lowest BCUT2D eigenvalue weighted by Crippen LogP contribution is -2.55. The first kappa shape index (κ1) is 21.1. The fourth-order valence-electron chi connectivity index (χ4n) is 4.01. The number of ether oxygens (including phenoxy) is 1. The Morgan fingerprint density at radius 3 is 2.58 bits per heavy atom. The Labute approximate surface area is 181 Å². The summed E-state index contributed by atoms with van der Waals surface area (Å²) < 4.78 is 5.33. The van der Waals surface area contributed by atoms with E-state index < -0.39 is 11.7 Å². The largest absolute Gasteiger partial charge is 0.444 e. The summed E-state index contributed by atoms with van der Waals surface area (Å²) >= 11 is 0. The zero-order chi connectivity index (χ0) is 22.2. The summed E-state index contributed by atoms with van der Waals surface area (Å²) in [6, 6.07) is 7.49. The van der Waals surface area contributed by atoms with Crippen LogP contribution in [0.2, 0.25) is 0 Å². The van der Waals surface area contributed by atoms with Gasteiger partial charge in [0, 0.05) is 29.9 Å². The highest BCUT2D eigenvalue weighted by molar-refractivity contribution is 5.94. The molecule has 2 heterocycles. The van der Waals surface area contributed by atoms with Gasteiger partial charge in [0.25, 0.3) is 5.56 Å². The molecule has 8 nitrogen and oxygen atoms in total. The van der Waals surface area contributed by atoms with Gasteiger partial charge in [-0.25, -0.2) is 9.89 Å². The molecule has 1 aliphatic carbocycles. The average Bonchev–Trinajstić information content (AvgIpc) is 2.66. The van der Waals surface area contributed by atoms with Crippen molar-refractivity contribution < 1.29 is 14.3 Å². The molecule has 0 radical (unpaired) electrons. The minimum absolute atomic E-state index is 0.109. The molecule has 1 fully saturated rings. The minimum atomic E-state index is -0.556. The van der Waals surface area contributed by atoms with Gasteiger partial charge in [-0.3, -0.25) is 9.59 Å². The van der Waals surface area contributed by atoms with E-state index in [4.69, 9.17) is 4.74 Å². The smallest absolute Gasteiger partial charge is 0.410 e. The van der Waals surface area contributed by atoms with Gasteiger partial charge in [0.05, 0.1) is 11.6 Å². The van der Waals surface area contributed by atoms with Gasteiger partial charge < -0.3 is 15.0 Å². The highest BCUT2D eigenvalue weighted by Crippen LogP contribution is 2.29. The molecule has 8 heteroatoms. The number of H-pyrrole nitrogens is 1. The van der Waals surface area contributed by atoms with E-state index in [1.807, 2.05) is 45.0 Å². The lowest BCUT2D eigenvalue weighted by molar-refractivity contribution is -0.124. The molecule has 2 aliphatic rings. The molecule has 0 spiro atoms. The Morgan fingerprint density at radius 1 is 1.16 bits per heavy atom. The molecule has 4 rings (SSSR count). The van der Waals surface area contributed by atoms with Crippen LogP contribution in [0.4, 0.5) is 10.5 Å². The number of likely N-dealkylation sites (tertiary alicyclic amines) is 1. The maximum atomic E-state index is 12.6.